The Hall–Kier alpha value is -1.90. The van der Waals surface area contributed by atoms with Gasteiger partial charge in [0.05, 0.1) is 10.2 Å². The van der Waals surface area contributed by atoms with Crippen LogP contribution in [0.25, 0.3) is 6.08 Å². The van der Waals surface area contributed by atoms with Crippen molar-refractivity contribution in [1.82, 2.24) is 10.2 Å². The van der Waals surface area contributed by atoms with Crippen molar-refractivity contribution in [3.05, 3.63) is 32.9 Å². The van der Waals surface area contributed by atoms with Crippen molar-refractivity contribution in [3.63, 3.8) is 0 Å². The highest BCUT2D eigenvalue weighted by molar-refractivity contribution is 14.1. The number of halogens is 1. The second-order valence-corrected chi connectivity index (χ2v) is 7.57. The van der Waals surface area contributed by atoms with Crippen molar-refractivity contribution < 1.29 is 19.1 Å². The Bertz CT molecular complexity index is 769. The summed E-state index contributed by atoms with van der Waals surface area (Å²) in [7, 11) is 0. The number of imide groups is 2. The Morgan fingerprint density at radius 3 is 2.62 bits per heavy atom. The van der Waals surface area contributed by atoms with Gasteiger partial charge in [0.2, 0.25) is 0 Å². The number of amides is 4. The summed E-state index contributed by atoms with van der Waals surface area (Å²) in [4.78, 5) is 38.5. The van der Waals surface area contributed by atoms with Gasteiger partial charge in [0.1, 0.15) is 11.3 Å². The van der Waals surface area contributed by atoms with Gasteiger partial charge in [0.15, 0.2) is 0 Å². The first-order chi connectivity index (χ1) is 12.5. The molecule has 1 heterocycles. The van der Waals surface area contributed by atoms with Crippen LogP contribution in [0.3, 0.4) is 0 Å². The first kappa shape index (κ1) is 18.9. The van der Waals surface area contributed by atoms with Gasteiger partial charge in [-0.05, 0) is 66.1 Å². The quantitative estimate of drug-likeness (QED) is 0.417. The van der Waals surface area contributed by atoms with Crippen LogP contribution in [0.1, 0.15) is 44.6 Å². The molecule has 1 aromatic carbocycles. The predicted molar refractivity (Wildman–Crippen MR) is 106 cm³/mol. The van der Waals surface area contributed by atoms with Crippen LogP contribution in [0.15, 0.2) is 23.8 Å². The zero-order valence-corrected chi connectivity index (χ0v) is 16.7. The van der Waals surface area contributed by atoms with Crippen LogP contribution in [0.2, 0.25) is 0 Å². The number of carbonyl (C=O) groups is 3. The van der Waals surface area contributed by atoms with Gasteiger partial charge >= 0.3 is 6.03 Å². The van der Waals surface area contributed by atoms with E-state index in [9.17, 15) is 14.4 Å². The lowest BCUT2D eigenvalue weighted by Crippen LogP contribution is -2.58. The van der Waals surface area contributed by atoms with Gasteiger partial charge in [-0.1, -0.05) is 25.3 Å². The third kappa shape index (κ3) is 3.92. The summed E-state index contributed by atoms with van der Waals surface area (Å²) in [6.07, 6.45) is 6.23. The third-order valence-corrected chi connectivity index (χ3v) is 5.48. The number of nitrogens with zero attached hydrogens (tertiary/aromatic N) is 1. The number of barbiturate groups is 1. The first-order valence-corrected chi connectivity index (χ1v) is 9.92. The van der Waals surface area contributed by atoms with Crippen LogP contribution in [0, 0.1) is 3.57 Å². The topological polar surface area (TPSA) is 75.7 Å². The Morgan fingerprint density at radius 1 is 1.23 bits per heavy atom. The first-order valence-electron chi connectivity index (χ1n) is 8.84. The number of rotatable bonds is 4. The average molecular weight is 468 g/mol. The van der Waals surface area contributed by atoms with Crippen molar-refractivity contribution in [2.24, 2.45) is 0 Å². The van der Waals surface area contributed by atoms with Crippen molar-refractivity contribution >= 4 is 46.5 Å². The summed E-state index contributed by atoms with van der Waals surface area (Å²) in [5.74, 6) is -0.390. The molecule has 1 aromatic rings. The van der Waals surface area contributed by atoms with Crippen LogP contribution >= 0.6 is 22.6 Å². The van der Waals surface area contributed by atoms with E-state index in [0.717, 1.165) is 41.4 Å². The van der Waals surface area contributed by atoms with E-state index in [1.54, 1.807) is 6.07 Å². The molecule has 0 radical (unpaired) electrons. The number of ether oxygens (including phenoxy) is 1. The molecule has 2 aliphatic rings. The summed E-state index contributed by atoms with van der Waals surface area (Å²) >= 11 is 2.15. The largest absolute Gasteiger partial charge is 0.493 e. The zero-order chi connectivity index (χ0) is 18.7. The van der Waals surface area contributed by atoms with Gasteiger partial charge in [0, 0.05) is 6.04 Å². The maximum atomic E-state index is 12.9. The van der Waals surface area contributed by atoms with E-state index in [1.807, 2.05) is 19.1 Å². The fourth-order valence-corrected chi connectivity index (χ4v) is 4.08. The van der Waals surface area contributed by atoms with Crippen LogP contribution in [-0.2, 0) is 9.59 Å². The molecule has 1 N–H and O–H groups in total. The molecule has 6 nitrogen and oxygen atoms in total. The number of carbonyl (C=O) groups excluding carboxylic acids is 3. The molecule has 1 saturated carbocycles. The summed E-state index contributed by atoms with van der Waals surface area (Å²) in [6.45, 7) is 2.48. The second kappa shape index (κ2) is 8.20. The fraction of sp³-hybridized carbons (Fsp3) is 0.421. The van der Waals surface area contributed by atoms with Crippen molar-refractivity contribution in [3.8, 4) is 5.75 Å². The lowest BCUT2D eigenvalue weighted by atomic mass is 9.93. The van der Waals surface area contributed by atoms with Gasteiger partial charge in [-0.15, -0.1) is 0 Å². The Labute approximate surface area is 166 Å². The Balaban J connectivity index is 1.88. The number of nitrogens with one attached hydrogen (secondary N) is 1. The standard InChI is InChI=1S/C19H21IN2O4/c1-2-26-16-9-8-12(11-15(16)20)10-14-17(23)21-19(25)22(18(14)24)13-6-4-3-5-7-13/h8-11,13H,2-7H2,1H3,(H,21,23,25)/b14-10-. The van der Waals surface area contributed by atoms with E-state index in [4.69, 9.17) is 4.74 Å². The van der Waals surface area contributed by atoms with Crippen molar-refractivity contribution in [2.75, 3.05) is 6.61 Å². The molecular formula is C19H21IN2O4. The summed E-state index contributed by atoms with van der Waals surface area (Å²) in [6, 6.07) is 4.72. The third-order valence-electron chi connectivity index (χ3n) is 4.64. The van der Waals surface area contributed by atoms with Gasteiger partial charge in [-0.2, -0.15) is 0 Å². The number of hydrogen-bond acceptors (Lipinski definition) is 4. The van der Waals surface area contributed by atoms with E-state index >= 15 is 0 Å². The average Bonchev–Trinajstić information content (AvgIpc) is 2.62. The lowest BCUT2D eigenvalue weighted by molar-refractivity contribution is -0.132. The zero-order valence-electron chi connectivity index (χ0n) is 14.6. The highest BCUT2D eigenvalue weighted by Gasteiger charge is 2.40. The van der Waals surface area contributed by atoms with Gasteiger partial charge in [0.25, 0.3) is 11.8 Å². The Kier molecular flexibility index (Phi) is 5.95. The van der Waals surface area contributed by atoms with E-state index in [2.05, 4.69) is 27.9 Å². The van der Waals surface area contributed by atoms with Crippen LogP contribution < -0.4 is 10.1 Å². The molecule has 0 bridgehead atoms. The van der Waals surface area contributed by atoms with Crippen molar-refractivity contribution in [1.29, 1.82) is 0 Å². The molecule has 0 aromatic heterocycles. The summed E-state index contributed by atoms with van der Waals surface area (Å²) in [5, 5.41) is 2.31. The highest BCUT2D eigenvalue weighted by Crippen LogP contribution is 2.27. The molecule has 1 saturated heterocycles. The predicted octanol–water partition coefficient (Wildman–Crippen LogP) is 3.48. The Morgan fingerprint density at radius 2 is 1.96 bits per heavy atom. The molecule has 7 heteroatoms. The molecule has 0 unspecified atom stereocenters. The second-order valence-electron chi connectivity index (χ2n) is 6.41. The molecule has 1 aliphatic heterocycles. The minimum absolute atomic E-state index is 0.00451. The van der Waals surface area contributed by atoms with Crippen LogP contribution in [0.4, 0.5) is 4.79 Å². The molecular weight excluding hydrogens is 447 g/mol. The van der Waals surface area contributed by atoms with Gasteiger partial charge < -0.3 is 4.74 Å². The normalized spacial score (nSPS) is 20.5. The number of urea groups is 1. The van der Waals surface area contributed by atoms with Crippen LogP contribution in [-0.4, -0.2) is 35.4 Å². The highest BCUT2D eigenvalue weighted by atomic mass is 127. The molecule has 0 atom stereocenters. The molecule has 138 valence electrons. The number of benzene rings is 1. The molecule has 0 spiro atoms. The smallest absolute Gasteiger partial charge is 0.331 e. The maximum absolute atomic E-state index is 12.9. The minimum atomic E-state index is -0.643. The summed E-state index contributed by atoms with van der Waals surface area (Å²) in [5.41, 5.74) is 0.712. The lowest BCUT2D eigenvalue weighted by Gasteiger charge is -2.35. The maximum Gasteiger partial charge on any atom is 0.331 e. The van der Waals surface area contributed by atoms with Crippen molar-refractivity contribution in [2.45, 2.75) is 45.1 Å². The SMILES string of the molecule is CCOc1ccc(/C=C2/C(=O)NC(=O)N(C3CCCCC3)C2=O)cc1I. The minimum Gasteiger partial charge on any atom is -0.493 e. The summed E-state index contributed by atoms with van der Waals surface area (Å²) < 4.78 is 6.40. The van der Waals surface area contributed by atoms with E-state index in [-0.39, 0.29) is 11.6 Å². The molecule has 3 rings (SSSR count). The molecule has 1 aliphatic carbocycles. The molecule has 26 heavy (non-hydrogen) atoms. The molecule has 4 amide bonds. The van der Waals surface area contributed by atoms with Gasteiger partial charge in [-0.3, -0.25) is 19.8 Å². The van der Waals surface area contributed by atoms with E-state index in [0.29, 0.717) is 12.2 Å². The fourth-order valence-electron chi connectivity index (χ4n) is 3.39. The monoisotopic (exact) mass is 468 g/mol. The number of hydrogen-bond donors (Lipinski definition) is 1. The van der Waals surface area contributed by atoms with E-state index in [1.165, 1.54) is 11.0 Å². The van der Waals surface area contributed by atoms with E-state index < -0.39 is 17.8 Å². The van der Waals surface area contributed by atoms with Gasteiger partial charge in [-0.25, -0.2) is 4.79 Å². The van der Waals surface area contributed by atoms with Crippen LogP contribution in [0.5, 0.6) is 5.75 Å². The molecule has 2 fully saturated rings.